The molecule has 27 heavy (non-hydrogen) atoms. The van der Waals surface area contributed by atoms with Crippen LogP contribution in [0.25, 0.3) is 11.1 Å². The first kappa shape index (κ1) is 17.2. The predicted molar refractivity (Wildman–Crippen MR) is 100 cm³/mol. The Kier molecular flexibility index (Phi) is 4.15. The third-order valence-electron chi connectivity index (χ3n) is 4.93. The van der Waals surface area contributed by atoms with Crippen LogP contribution in [0.3, 0.4) is 0 Å². The molecular formula is C22H17F2NO2. The summed E-state index contributed by atoms with van der Waals surface area (Å²) >= 11 is 0. The molecule has 136 valence electrons. The van der Waals surface area contributed by atoms with Gasteiger partial charge in [-0.25, -0.2) is 8.78 Å². The number of anilines is 1. The molecule has 0 saturated heterocycles. The second-order valence-corrected chi connectivity index (χ2v) is 6.45. The smallest absolute Gasteiger partial charge is 0.261 e. The normalized spacial score (nSPS) is 15.1. The minimum atomic E-state index is -0.629. The Morgan fingerprint density at radius 2 is 1.78 bits per heavy atom. The van der Waals surface area contributed by atoms with E-state index in [-0.39, 0.29) is 11.4 Å². The lowest BCUT2D eigenvalue weighted by Crippen LogP contribution is -2.36. The Morgan fingerprint density at radius 3 is 2.56 bits per heavy atom. The maximum Gasteiger partial charge on any atom is 0.261 e. The van der Waals surface area contributed by atoms with Gasteiger partial charge in [-0.15, -0.1) is 0 Å². The summed E-state index contributed by atoms with van der Waals surface area (Å²) in [6.45, 7) is 1.81. The Hall–Kier alpha value is -3.21. The number of benzene rings is 3. The average molecular weight is 365 g/mol. The van der Waals surface area contributed by atoms with Gasteiger partial charge in [-0.1, -0.05) is 24.3 Å². The fourth-order valence-corrected chi connectivity index (χ4v) is 3.59. The molecule has 5 heteroatoms. The van der Waals surface area contributed by atoms with Crippen LogP contribution in [0, 0.1) is 11.6 Å². The summed E-state index contributed by atoms with van der Waals surface area (Å²) in [7, 11) is 1.46. The highest BCUT2D eigenvalue weighted by Gasteiger charge is 2.34. The zero-order chi connectivity index (χ0) is 19.1. The van der Waals surface area contributed by atoms with Gasteiger partial charge in [-0.3, -0.25) is 4.79 Å². The van der Waals surface area contributed by atoms with E-state index in [9.17, 15) is 13.6 Å². The molecule has 1 aliphatic rings. The van der Waals surface area contributed by atoms with Crippen molar-refractivity contribution in [3.63, 3.8) is 0 Å². The minimum absolute atomic E-state index is 0.0872. The Labute approximate surface area is 155 Å². The molecule has 0 fully saturated rings. The number of carbonyl (C=O) groups is 1. The second-order valence-electron chi connectivity index (χ2n) is 6.45. The lowest BCUT2D eigenvalue weighted by molar-refractivity contribution is 0.0973. The van der Waals surface area contributed by atoms with E-state index >= 15 is 0 Å². The molecule has 1 aliphatic heterocycles. The number of ether oxygens (including phenoxy) is 1. The second kappa shape index (κ2) is 6.50. The van der Waals surface area contributed by atoms with Crippen molar-refractivity contribution in [2.75, 3.05) is 12.0 Å². The molecule has 0 radical (unpaired) electrons. The van der Waals surface area contributed by atoms with Crippen molar-refractivity contribution in [3.05, 3.63) is 83.4 Å². The van der Waals surface area contributed by atoms with Crippen LogP contribution in [0.2, 0.25) is 0 Å². The van der Waals surface area contributed by atoms with Crippen LogP contribution < -0.4 is 9.64 Å². The monoisotopic (exact) mass is 365 g/mol. The highest BCUT2D eigenvalue weighted by Crippen LogP contribution is 2.45. The highest BCUT2D eigenvalue weighted by molar-refractivity contribution is 6.10. The van der Waals surface area contributed by atoms with Gasteiger partial charge < -0.3 is 9.64 Å². The molecule has 0 saturated carbocycles. The Morgan fingerprint density at radius 1 is 1.00 bits per heavy atom. The van der Waals surface area contributed by atoms with Gasteiger partial charge in [0.05, 0.1) is 24.4 Å². The number of amides is 1. The number of hydrogen-bond acceptors (Lipinski definition) is 2. The van der Waals surface area contributed by atoms with Gasteiger partial charge in [0.25, 0.3) is 5.91 Å². The molecule has 0 bridgehead atoms. The van der Waals surface area contributed by atoms with Crippen LogP contribution in [0.15, 0.2) is 60.7 Å². The summed E-state index contributed by atoms with van der Waals surface area (Å²) < 4.78 is 33.4. The molecule has 1 amide bonds. The molecule has 0 aromatic heterocycles. The van der Waals surface area contributed by atoms with Crippen molar-refractivity contribution in [1.29, 1.82) is 0 Å². The van der Waals surface area contributed by atoms with Gasteiger partial charge in [-0.2, -0.15) is 0 Å². The van der Waals surface area contributed by atoms with E-state index in [0.717, 1.165) is 11.1 Å². The van der Waals surface area contributed by atoms with Crippen molar-refractivity contribution in [1.82, 2.24) is 0 Å². The van der Waals surface area contributed by atoms with Crippen molar-refractivity contribution in [2.45, 2.75) is 13.0 Å². The van der Waals surface area contributed by atoms with Crippen LogP contribution in [-0.4, -0.2) is 13.0 Å². The number of rotatable bonds is 2. The van der Waals surface area contributed by atoms with Crippen molar-refractivity contribution in [3.8, 4) is 16.9 Å². The number of carbonyl (C=O) groups excluding carboxylic acids is 1. The number of para-hydroxylation sites is 1. The molecule has 1 atom stereocenters. The summed E-state index contributed by atoms with van der Waals surface area (Å²) in [4.78, 5) is 14.8. The number of nitrogens with zero attached hydrogens (tertiary/aromatic N) is 1. The van der Waals surface area contributed by atoms with E-state index < -0.39 is 17.8 Å². The summed E-state index contributed by atoms with van der Waals surface area (Å²) in [6, 6.07) is 15.5. The number of fused-ring (bicyclic) bond motifs is 3. The van der Waals surface area contributed by atoms with Crippen LogP contribution in [0.5, 0.6) is 5.75 Å². The van der Waals surface area contributed by atoms with Gasteiger partial charge in [0.2, 0.25) is 0 Å². The van der Waals surface area contributed by atoms with E-state index in [1.54, 1.807) is 6.07 Å². The largest absolute Gasteiger partial charge is 0.497 e. The summed E-state index contributed by atoms with van der Waals surface area (Å²) in [5.41, 5.74) is 2.94. The standard InChI is InChI=1S/C22H17F2NO2/c1-13-18-11-14(23)7-9-16(18)17-5-3-4-6-21(17)25(13)22(26)19-12-15(27-2)8-10-20(19)24/h3-13H,1-2H3. The molecule has 3 aromatic carbocycles. The SMILES string of the molecule is COc1ccc(F)c(C(=O)N2c3ccccc3-c3ccc(F)cc3C2C)c1. The molecule has 3 aromatic rings. The lowest BCUT2D eigenvalue weighted by Gasteiger charge is -2.37. The summed E-state index contributed by atoms with van der Waals surface area (Å²) in [5, 5.41) is 0. The van der Waals surface area contributed by atoms with Gasteiger partial charge in [0, 0.05) is 5.56 Å². The average Bonchev–Trinajstić information content (AvgIpc) is 2.68. The van der Waals surface area contributed by atoms with E-state index in [1.165, 1.54) is 42.3 Å². The quantitative estimate of drug-likeness (QED) is 0.612. The number of halogens is 2. The summed E-state index contributed by atoms with van der Waals surface area (Å²) in [5.74, 6) is -1.11. The molecule has 4 rings (SSSR count). The first-order valence-corrected chi connectivity index (χ1v) is 8.57. The summed E-state index contributed by atoms with van der Waals surface area (Å²) in [6.07, 6.45) is 0. The molecule has 0 aliphatic carbocycles. The van der Waals surface area contributed by atoms with Crippen molar-refractivity contribution in [2.24, 2.45) is 0 Å². The molecular weight excluding hydrogens is 348 g/mol. The third kappa shape index (κ3) is 2.76. The van der Waals surface area contributed by atoms with Crippen LogP contribution >= 0.6 is 0 Å². The van der Waals surface area contributed by atoms with E-state index in [2.05, 4.69) is 0 Å². The van der Waals surface area contributed by atoms with Crippen molar-refractivity contribution < 1.29 is 18.3 Å². The first-order valence-electron chi connectivity index (χ1n) is 8.57. The van der Waals surface area contributed by atoms with E-state index in [0.29, 0.717) is 17.0 Å². The molecule has 3 nitrogen and oxygen atoms in total. The number of methoxy groups -OCH3 is 1. The zero-order valence-corrected chi connectivity index (χ0v) is 14.9. The van der Waals surface area contributed by atoms with Crippen LogP contribution in [-0.2, 0) is 0 Å². The Bertz CT molecular complexity index is 1050. The van der Waals surface area contributed by atoms with Crippen LogP contribution in [0.1, 0.15) is 28.9 Å². The van der Waals surface area contributed by atoms with Gasteiger partial charge in [-0.05, 0) is 54.4 Å². The zero-order valence-electron chi connectivity index (χ0n) is 14.9. The number of hydrogen-bond donors (Lipinski definition) is 0. The molecule has 1 unspecified atom stereocenters. The maximum atomic E-state index is 14.4. The lowest BCUT2D eigenvalue weighted by atomic mass is 9.88. The topological polar surface area (TPSA) is 29.5 Å². The third-order valence-corrected chi connectivity index (χ3v) is 4.93. The predicted octanol–water partition coefficient (Wildman–Crippen LogP) is 5.36. The van der Waals surface area contributed by atoms with Gasteiger partial charge in [0.1, 0.15) is 17.4 Å². The van der Waals surface area contributed by atoms with Crippen molar-refractivity contribution >= 4 is 11.6 Å². The highest BCUT2D eigenvalue weighted by atomic mass is 19.1. The molecule has 0 spiro atoms. The van der Waals surface area contributed by atoms with E-state index in [4.69, 9.17) is 4.74 Å². The van der Waals surface area contributed by atoms with Gasteiger partial charge >= 0.3 is 0 Å². The first-order chi connectivity index (χ1) is 13.0. The van der Waals surface area contributed by atoms with E-state index in [1.807, 2.05) is 31.2 Å². The molecule has 1 heterocycles. The molecule has 0 N–H and O–H groups in total. The van der Waals surface area contributed by atoms with Gasteiger partial charge in [0.15, 0.2) is 0 Å². The fourth-order valence-electron chi connectivity index (χ4n) is 3.59. The Balaban J connectivity index is 1.90. The minimum Gasteiger partial charge on any atom is -0.497 e. The van der Waals surface area contributed by atoms with Crippen LogP contribution in [0.4, 0.5) is 14.5 Å². The maximum absolute atomic E-state index is 14.4. The fraction of sp³-hybridized carbons (Fsp3) is 0.136.